The van der Waals surface area contributed by atoms with Crippen molar-refractivity contribution >= 4 is 34.8 Å². The highest BCUT2D eigenvalue weighted by Crippen LogP contribution is 2.19. The maximum atomic E-state index is 12.8. The van der Waals surface area contributed by atoms with Crippen molar-refractivity contribution < 1.29 is 4.79 Å². The number of nitrogens with zero attached hydrogens (tertiary/aromatic N) is 3. The molecule has 3 aromatic carbocycles. The van der Waals surface area contributed by atoms with Gasteiger partial charge in [-0.25, -0.2) is 4.98 Å². The molecule has 0 spiro atoms. The molecule has 0 bridgehead atoms. The van der Waals surface area contributed by atoms with Gasteiger partial charge in [-0.1, -0.05) is 36.4 Å². The van der Waals surface area contributed by atoms with E-state index in [0.29, 0.717) is 5.56 Å². The van der Waals surface area contributed by atoms with Crippen LogP contribution < -0.4 is 5.32 Å². The van der Waals surface area contributed by atoms with Crippen molar-refractivity contribution in [3.8, 4) is 5.69 Å². The molecule has 5 heteroatoms. The lowest BCUT2D eigenvalue weighted by Crippen LogP contribution is -2.12. The second-order valence-corrected chi connectivity index (χ2v) is 7.32. The Morgan fingerprint density at radius 2 is 1.66 bits per heavy atom. The van der Waals surface area contributed by atoms with E-state index in [1.165, 1.54) is 0 Å². The average Bonchev–Trinajstić information content (AvgIpc) is 3.28. The zero-order valence-corrected chi connectivity index (χ0v) is 17.2. The predicted molar refractivity (Wildman–Crippen MR) is 129 cm³/mol. The number of carbonyl (C=O) groups excluding carboxylic acids is 1. The van der Waals surface area contributed by atoms with Gasteiger partial charge in [0.25, 0.3) is 5.91 Å². The Kier molecular flexibility index (Phi) is 5.29. The van der Waals surface area contributed by atoms with E-state index in [9.17, 15) is 4.79 Å². The van der Waals surface area contributed by atoms with Crippen molar-refractivity contribution in [2.24, 2.45) is 0 Å². The summed E-state index contributed by atoms with van der Waals surface area (Å²) in [7, 11) is 0. The lowest BCUT2D eigenvalue weighted by atomic mass is 10.1. The van der Waals surface area contributed by atoms with Crippen LogP contribution in [0.2, 0.25) is 0 Å². The minimum atomic E-state index is -0.155. The fourth-order valence-corrected chi connectivity index (χ4v) is 3.52. The van der Waals surface area contributed by atoms with Gasteiger partial charge in [-0.15, -0.1) is 0 Å². The van der Waals surface area contributed by atoms with Gasteiger partial charge in [-0.2, -0.15) is 0 Å². The molecule has 0 aliphatic heterocycles. The summed E-state index contributed by atoms with van der Waals surface area (Å²) >= 11 is 0. The molecule has 2 aromatic heterocycles. The number of anilines is 1. The van der Waals surface area contributed by atoms with Crippen LogP contribution in [0.4, 0.5) is 5.69 Å². The SMILES string of the molecule is O=C(Nc1cccc(/C=C/c2ccccn2)c1)c1ccc(-n2cnc3ccccc32)cc1. The summed E-state index contributed by atoms with van der Waals surface area (Å²) in [5.41, 5.74) is 6.11. The fourth-order valence-electron chi connectivity index (χ4n) is 3.52. The molecule has 2 heterocycles. The van der Waals surface area contributed by atoms with E-state index in [1.54, 1.807) is 12.5 Å². The van der Waals surface area contributed by atoms with Crippen LogP contribution >= 0.6 is 0 Å². The number of para-hydroxylation sites is 2. The van der Waals surface area contributed by atoms with E-state index >= 15 is 0 Å². The topological polar surface area (TPSA) is 59.8 Å². The van der Waals surface area contributed by atoms with Crippen molar-refractivity contribution in [3.05, 3.63) is 120 Å². The monoisotopic (exact) mass is 416 g/mol. The maximum Gasteiger partial charge on any atom is 0.255 e. The second-order valence-electron chi connectivity index (χ2n) is 7.32. The van der Waals surface area contributed by atoms with E-state index in [4.69, 9.17) is 0 Å². The minimum absolute atomic E-state index is 0.155. The van der Waals surface area contributed by atoms with Crippen molar-refractivity contribution in [1.82, 2.24) is 14.5 Å². The summed E-state index contributed by atoms with van der Waals surface area (Å²) in [6.45, 7) is 0. The molecule has 5 rings (SSSR count). The first-order chi connectivity index (χ1) is 15.8. The Morgan fingerprint density at radius 3 is 2.50 bits per heavy atom. The molecule has 0 saturated carbocycles. The Bertz CT molecular complexity index is 1400. The Labute approximate surface area is 185 Å². The average molecular weight is 416 g/mol. The molecule has 0 fully saturated rings. The summed E-state index contributed by atoms with van der Waals surface area (Å²) in [5, 5.41) is 2.97. The number of carbonyl (C=O) groups is 1. The lowest BCUT2D eigenvalue weighted by molar-refractivity contribution is 0.102. The number of imidazole rings is 1. The molecule has 5 aromatic rings. The molecule has 1 amide bonds. The Hall–Kier alpha value is -4.51. The van der Waals surface area contributed by atoms with E-state index in [1.807, 2.05) is 108 Å². The molecular weight excluding hydrogens is 396 g/mol. The van der Waals surface area contributed by atoms with Crippen molar-refractivity contribution in [3.63, 3.8) is 0 Å². The molecule has 0 aliphatic rings. The van der Waals surface area contributed by atoms with Crippen LogP contribution in [0.5, 0.6) is 0 Å². The molecular formula is C27H20N4O. The number of rotatable bonds is 5. The molecule has 32 heavy (non-hydrogen) atoms. The minimum Gasteiger partial charge on any atom is -0.322 e. The van der Waals surface area contributed by atoms with Crippen LogP contribution in [0, 0.1) is 0 Å². The fraction of sp³-hybridized carbons (Fsp3) is 0. The highest BCUT2D eigenvalue weighted by atomic mass is 16.1. The summed E-state index contributed by atoms with van der Waals surface area (Å²) in [6, 6.07) is 29.0. The predicted octanol–water partition coefficient (Wildman–Crippen LogP) is 5.84. The molecule has 154 valence electrons. The second kappa shape index (κ2) is 8.70. The summed E-state index contributed by atoms with van der Waals surface area (Å²) < 4.78 is 2.01. The standard InChI is InChI=1S/C27H20N4O/c32-27(30-23-8-5-6-20(18-23)11-14-22-7-3-4-17-28-22)21-12-15-24(16-13-21)31-19-29-25-9-1-2-10-26(25)31/h1-19H,(H,30,32)/b14-11+. The van der Waals surface area contributed by atoms with Gasteiger partial charge in [0, 0.05) is 23.1 Å². The maximum absolute atomic E-state index is 12.8. The molecule has 0 unspecified atom stereocenters. The zero-order chi connectivity index (χ0) is 21.8. The third-order valence-corrected chi connectivity index (χ3v) is 5.14. The largest absolute Gasteiger partial charge is 0.322 e. The molecule has 0 aliphatic carbocycles. The van der Waals surface area contributed by atoms with Gasteiger partial charge in [0.15, 0.2) is 0 Å². The number of benzene rings is 3. The molecule has 5 nitrogen and oxygen atoms in total. The van der Waals surface area contributed by atoms with E-state index in [-0.39, 0.29) is 5.91 Å². The normalized spacial score (nSPS) is 11.1. The summed E-state index contributed by atoms with van der Waals surface area (Å²) in [6.07, 6.45) is 7.47. The van der Waals surface area contributed by atoms with Gasteiger partial charge in [-0.05, 0) is 72.3 Å². The first kappa shape index (κ1) is 19.5. The number of amides is 1. The molecule has 0 radical (unpaired) electrons. The van der Waals surface area contributed by atoms with Gasteiger partial charge in [-0.3, -0.25) is 14.3 Å². The number of hydrogen-bond acceptors (Lipinski definition) is 3. The zero-order valence-electron chi connectivity index (χ0n) is 17.2. The van der Waals surface area contributed by atoms with E-state index in [0.717, 1.165) is 33.7 Å². The number of fused-ring (bicyclic) bond motifs is 1. The van der Waals surface area contributed by atoms with Gasteiger partial charge in [0.05, 0.1) is 16.7 Å². The molecule has 0 saturated heterocycles. The van der Waals surface area contributed by atoms with Crippen LogP contribution in [-0.2, 0) is 0 Å². The first-order valence-corrected chi connectivity index (χ1v) is 10.3. The van der Waals surface area contributed by atoms with Gasteiger partial charge in [0.2, 0.25) is 0 Å². The number of pyridine rings is 1. The summed E-state index contributed by atoms with van der Waals surface area (Å²) in [4.78, 5) is 21.5. The van der Waals surface area contributed by atoms with Crippen molar-refractivity contribution in [2.75, 3.05) is 5.32 Å². The van der Waals surface area contributed by atoms with Crippen molar-refractivity contribution in [1.29, 1.82) is 0 Å². The first-order valence-electron chi connectivity index (χ1n) is 10.3. The molecule has 1 N–H and O–H groups in total. The van der Waals surface area contributed by atoms with Crippen LogP contribution in [0.1, 0.15) is 21.6 Å². The lowest BCUT2D eigenvalue weighted by Gasteiger charge is -2.08. The van der Waals surface area contributed by atoms with Crippen LogP contribution in [0.25, 0.3) is 28.9 Å². The smallest absolute Gasteiger partial charge is 0.255 e. The van der Waals surface area contributed by atoms with Gasteiger partial charge < -0.3 is 5.32 Å². The van der Waals surface area contributed by atoms with Crippen LogP contribution in [-0.4, -0.2) is 20.4 Å². The van der Waals surface area contributed by atoms with E-state index < -0.39 is 0 Å². The van der Waals surface area contributed by atoms with Gasteiger partial charge in [0.1, 0.15) is 6.33 Å². The Morgan fingerprint density at radius 1 is 0.812 bits per heavy atom. The third-order valence-electron chi connectivity index (χ3n) is 5.14. The van der Waals surface area contributed by atoms with Gasteiger partial charge >= 0.3 is 0 Å². The Balaban J connectivity index is 1.30. The number of nitrogens with one attached hydrogen (secondary N) is 1. The molecule has 0 atom stereocenters. The van der Waals surface area contributed by atoms with E-state index in [2.05, 4.69) is 15.3 Å². The van der Waals surface area contributed by atoms with Crippen molar-refractivity contribution in [2.45, 2.75) is 0 Å². The quantitative estimate of drug-likeness (QED) is 0.391. The third kappa shape index (κ3) is 4.18. The number of hydrogen-bond donors (Lipinski definition) is 1. The van der Waals surface area contributed by atoms with Crippen LogP contribution in [0.3, 0.4) is 0 Å². The van der Waals surface area contributed by atoms with Crippen LogP contribution in [0.15, 0.2) is 104 Å². The number of aromatic nitrogens is 3. The summed E-state index contributed by atoms with van der Waals surface area (Å²) in [5.74, 6) is -0.155. The highest BCUT2D eigenvalue weighted by molar-refractivity contribution is 6.04. The highest BCUT2D eigenvalue weighted by Gasteiger charge is 2.08.